The summed E-state index contributed by atoms with van der Waals surface area (Å²) in [7, 11) is 0. The number of para-hydroxylation sites is 1. The number of hydrogen-bond donors (Lipinski definition) is 1. The zero-order valence-corrected chi connectivity index (χ0v) is 18.5. The lowest BCUT2D eigenvalue weighted by atomic mass is 9.97. The molecule has 2 amide bonds. The molecule has 0 atom stereocenters. The van der Waals surface area contributed by atoms with E-state index in [1.165, 1.54) is 4.90 Å². The molecule has 3 aromatic carbocycles. The highest BCUT2D eigenvalue weighted by Crippen LogP contribution is 2.36. The molecule has 0 fully saturated rings. The number of nitrogens with one attached hydrogen (secondary N) is 1. The zero-order chi connectivity index (χ0) is 22.3. The molecule has 0 unspecified atom stereocenters. The summed E-state index contributed by atoms with van der Waals surface area (Å²) in [5.74, 6) is -0.644. The van der Waals surface area contributed by atoms with E-state index in [4.69, 9.17) is 0 Å². The van der Waals surface area contributed by atoms with Crippen LogP contribution in [0.2, 0.25) is 0 Å². The topological polar surface area (TPSA) is 49.4 Å². The van der Waals surface area contributed by atoms with Crippen LogP contribution in [0.25, 0.3) is 5.57 Å². The Morgan fingerprint density at radius 2 is 1.35 bits per heavy atom. The Morgan fingerprint density at radius 3 is 2.06 bits per heavy atom. The molecular formula is C27H26N2O2. The van der Waals surface area contributed by atoms with Crippen LogP contribution in [0.3, 0.4) is 0 Å². The van der Waals surface area contributed by atoms with Crippen molar-refractivity contribution in [2.24, 2.45) is 0 Å². The van der Waals surface area contributed by atoms with Crippen molar-refractivity contribution in [3.8, 4) is 0 Å². The third kappa shape index (κ3) is 3.66. The second-order valence-electron chi connectivity index (χ2n) is 8.24. The molecule has 4 heteroatoms. The molecule has 0 aromatic heterocycles. The Labute approximate surface area is 183 Å². The summed E-state index contributed by atoms with van der Waals surface area (Å²) < 4.78 is 0. The summed E-state index contributed by atoms with van der Waals surface area (Å²) in [5.41, 5.74) is 7.96. The Kier molecular flexibility index (Phi) is 5.24. The van der Waals surface area contributed by atoms with E-state index >= 15 is 0 Å². The molecule has 0 saturated heterocycles. The second kappa shape index (κ2) is 7.88. The van der Waals surface area contributed by atoms with Gasteiger partial charge >= 0.3 is 0 Å². The number of imide groups is 1. The van der Waals surface area contributed by atoms with E-state index < -0.39 is 0 Å². The van der Waals surface area contributed by atoms with Gasteiger partial charge in [0.1, 0.15) is 5.70 Å². The van der Waals surface area contributed by atoms with Crippen molar-refractivity contribution in [1.82, 2.24) is 0 Å². The number of carbonyl (C=O) groups is 2. The fraction of sp³-hybridized carbons (Fsp3) is 0.185. The molecule has 1 aliphatic rings. The van der Waals surface area contributed by atoms with Crippen LogP contribution >= 0.6 is 0 Å². The monoisotopic (exact) mass is 410 g/mol. The number of benzene rings is 3. The average Bonchev–Trinajstić information content (AvgIpc) is 2.95. The smallest absolute Gasteiger partial charge is 0.282 e. The molecule has 1 N–H and O–H groups in total. The molecule has 4 nitrogen and oxygen atoms in total. The molecule has 0 saturated carbocycles. The fourth-order valence-electron chi connectivity index (χ4n) is 4.03. The third-order valence-electron chi connectivity index (χ3n) is 5.74. The second-order valence-corrected chi connectivity index (χ2v) is 8.24. The van der Waals surface area contributed by atoms with E-state index in [9.17, 15) is 9.59 Å². The van der Waals surface area contributed by atoms with E-state index in [2.05, 4.69) is 5.32 Å². The van der Waals surface area contributed by atoms with Gasteiger partial charge in [-0.2, -0.15) is 0 Å². The van der Waals surface area contributed by atoms with E-state index in [0.29, 0.717) is 17.0 Å². The molecule has 156 valence electrons. The minimum atomic E-state index is -0.338. The summed E-state index contributed by atoms with van der Waals surface area (Å²) in [6.07, 6.45) is 0. The highest BCUT2D eigenvalue weighted by atomic mass is 16.2. The SMILES string of the molecule is Cc1ccc(C2=C(Nc3cc(C)ccc3C)C(=O)N(c3ccccc3C)C2=O)c(C)c1. The van der Waals surface area contributed by atoms with Gasteiger partial charge in [-0.25, -0.2) is 4.90 Å². The number of amides is 2. The molecule has 0 aliphatic carbocycles. The van der Waals surface area contributed by atoms with Crippen molar-refractivity contribution in [3.63, 3.8) is 0 Å². The maximum absolute atomic E-state index is 13.7. The molecule has 31 heavy (non-hydrogen) atoms. The van der Waals surface area contributed by atoms with Crippen LogP contribution in [-0.2, 0) is 9.59 Å². The van der Waals surface area contributed by atoms with Gasteiger partial charge in [0.25, 0.3) is 11.8 Å². The number of nitrogens with zero attached hydrogens (tertiary/aromatic N) is 1. The van der Waals surface area contributed by atoms with Crippen molar-refractivity contribution in [3.05, 3.63) is 99.7 Å². The lowest BCUT2D eigenvalue weighted by Crippen LogP contribution is -2.33. The quantitative estimate of drug-likeness (QED) is 0.568. The number of aryl methyl sites for hydroxylation is 5. The van der Waals surface area contributed by atoms with Gasteiger partial charge < -0.3 is 5.32 Å². The summed E-state index contributed by atoms with van der Waals surface area (Å²) in [6.45, 7) is 9.88. The molecule has 3 aromatic rings. The predicted molar refractivity (Wildman–Crippen MR) is 126 cm³/mol. The highest BCUT2D eigenvalue weighted by Gasteiger charge is 2.41. The van der Waals surface area contributed by atoms with Gasteiger partial charge in [0.2, 0.25) is 0 Å². The fourth-order valence-corrected chi connectivity index (χ4v) is 4.03. The maximum Gasteiger partial charge on any atom is 0.282 e. The van der Waals surface area contributed by atoms with Gasteiger partial charge in [0.05, 0.1) is 11.3 Å². The Morgan fingerprint density at radius 1 is 0.677 bits per heavy atom. The average molecular weight is 411 g/mol. The largest absolute Gasteiger partial charge is 0.350 e. The van der Waals surface area contributed by atoms with Crippen LogP contribution in [0, 0.1) is 34.6 Å². The van der Waals surface area contributed by atoms with Gasteiger partial charge in [0, 0.05) is 5.69 Å². The number of hydrogen-bond acceptors (Lipinski definition) is 3. The minimum Gasteiger partial charge on any atom is -0.350 e. The van der Waals surface area contributed by atoms with Crippen LogP contribution in [-0.4, -0.2) is 11.8 Å². The van der Waals surface area contributed by atoms with Crippen molar-refractivity contribution >= 4 is 28.8 Å². The van der Waals surface area contributed by atoms with E-state index in [1.54, 1.807) is 0 Å². The zero-order valence-electron chi connectivity index (χ0n) is 18.5. The van der Waals surface area contributed by atoms with Crippen LogP contribution in [0.15, 0.2) is 66.4 Å². The van der Waals surface area contributed by atoms with E-state index in [0.717, 1.165) is 39.1 Å². The van der Waals surface area contributed by atoms with Gasteiger partial charge in [-0.15, -0.1) is 0 Å². The van der Waals surface area contributed by atoms with Crippen molar-refractivity contribution < 1.29 is 9.59 Å². The number of rotatable bonds is 4. The van der Waals surface area contributed by atoms with Gasteiger partial charge in [-0.1, -0.05) is 54.1 Å². The summed E-state index contributed by atoms with van der Waals surface area (Å²) in [5, 5.41) is 3.31. The molecule has 4 rings (SSSR count). The molecular weight excluding hydrogens is 384 g/mol. The van der Waals surface area contributed by atoms with Crippen LogP contribution < -0.4 is 10.2 Å². The summed E-state index contributed by atoms with van der Waals surface area (Å²) in [4.78, 5) is 28.6. The van der Waals surface area contributed by atoms with Gasteiger partial charge in [-0.05, 0) is 74.6 Å². The molecule has 1 aliphatic heterocycles. The first-order chi connectivity index (χ1) is 14.8. The molecule has 1 heterocycles. The molecule has 0 radical (unpaired) electrons. The lowest BCUT2D eigenvalue weighted by Gasteiger charge is -2.18. The first kappa shape index (κ1) is 20.6. The van der Waals surface area contributed by atoms with Gasteiger partial charge in [0.15, 0.2) is 0 Å². The van der Waals surface area contributed by atoms with Crippen molar-refractivity contribution in [1.29, 1.82) is 0 Å². The number of anilines is 2. The van der Waals surface area contributed by atoms with Crippen molar-refractivity contribution in [2.75, 3.05) is 10.2 Å². The van der Waals surface area contributed by atoms with E-state index in [-0.39, 0.29) is 11.8 Å². The molecule has 0 bridgehead atoms. The Balaban J connectivity index is 1.91. The normalized spacial score (nSPS) is 13.9. The first-order valence-electron chi connectivity index (χ1n) is 10.4. The van der Waals surface area contributed by atoms with Crippen LogP contribution in [0.1, 0.15) is 33.4 Å². The standard InChI is InChI=1S/C27H26N2O2/c1-16-11-13-21(20(5)14-16)24-25(28-22-15-17(2)10-12-18(22)3)27(31)29(26(24)30)23-9-7-6-8-19(23)4/h6-15,28H,1-5H3. The maximum atomic E-state index is 13.7. The van der Waals surface area contributed by atoms with Crippen molar-refractivity contribution in [2.45, 2.75) is 34.6 Å². The van der Waals surface area contributed by atoms with Crippen LogP contribution in [0.5, 0.6) is 0 Å². The summed E-state index contributed by atoms with van der Waals surface area (Å²) >= 11 is 0. The van der Waals surface area contributed by atoms with Gasteiger partial charge in [-0.3, -0.25) is 9.59 Å². The minimum absolute atomic E-state index is 0.306. The van der Waals surface area contributed by atoms with Crippen LogP contribution in [0.4, 0.5) is 11.4 Å². The number of carbonyl (C=O) groups excluding carboxylic acids is 2. The lowest BCUT2D eigenvalue weighted by molar-refractivity contribution is -0.120. The third-order valence-corrected chi connectivity index (χ3v) is 5.74. The van der Waals surface area contributed by atoms with E-state index in [1.807, 2.05) is 95.3 Å². The Bertz CT molecular complexity index is 1250. The predicted octanol–water partition coefficient (Wildman–Crippen LogP) is 5.63. The molecule has 0 spiro atoms. The first-order valence-corrected chi connectivity index (χ1v) is 10.4. The highest BCUT2D eigenvalue weighted by molar-refractivity contribution is 6.46. The summed E-state index contributed by atoms with van der Waals surface area (Å²) in [6, 6.07) is 19.4. The Hall–Kier alpha value is -3.66.